The molecule has 8 heteroatoms. The van der Waals surface area contributed by atoms with Crippen molar-refractivity contribution in [1.29, 1.82) is 0 Å². The standard InChI is InChI=1S/C20H21ClN5OP/c1-28(2)18-6-4-3-5-15(18)25-19-14(21)12-23-20(26-19)24-13-7-8-17-16(11-13)22-9-10-27-17/h3-8,11-12,22H,9-10H2,1-2H3,(H2,23,24,25,26). The highest BCUT2D eigenvalue weighted by atomic mass is 35.5. The molecule has 0 amide bonds. The van der Waals surface area contributed by atoms with Crippen molar-refractivity contribution in [1.82, 2.24) is 9.97 Å². The van der Waals surface area contributed by atoms with E-state index in [2.05, 4.69) is 45.3 Å². The van der Waals surface area contributed by atoms with Crippen molar-refractivity contribution in [2.75, 3.05) is 42.4 Å². The molecule has 0 bridgehead atoms. The number of fused-ring (bicyclic) bond motifs is 1. The Hall–Kier alpha value is -2.56. The molecule has 3 N–H and O–H groups in total. The topological polar surface area (TPSA) is 71.1 Å². The summed E-state index contributed by atoms with van der Waals surface area (Å²) in [4.78, 5) is 8.87. The molecular formula is C20H21ClN5OP. The van der Waals surface area contributed by atoms with Gasteiger partial charge in [-0.15, -0.1) is 0 Å². The summed E-state index contributed by atoms with van der Waals surface area (Å²) >= 11 is 6.34. The Labute approximate surface area is 170 Å². The zero-order chi connectivity index (χ0) is 19.5. The van der Waals surface area contributed by atoms with Crippen LogP contribution in [0, 0.1) is 0 Å². The Kier molecular flexibility index (Phi) is 5.51. The summed E-state index contributed by atoms with van der Waals surface area (Å²) in [6.07, 6.45) is 1.60. The zero-order valence-electron chi connectivity index (χ0n) is 15.7. The van der Waals surface area contributed by atoms with Gasteiger partial charge < -0.3 is 20.7 Å². The Balaban J connectivity index is 1.58. The van der Waals surface area contributed by atoms with E-state index in [1.54, 1.807) is 6.20 Å². The summed E-state index contributed by atoms with van der Waals surface area (Å²) in [5.41, 5.74) is 2.84. The van der Waals surface area contributed by atoms with Crippen LogP contribution in [0.25, 0.3) is 0 Å². The molecule has 1 aliphatic heterocycles. The summed E-state index contributed by atoms with van der Waals surface area (Å²) in [6, 6.07) is 14.1. The summed E-state index contributed by atoms with van der Waals surface area (Å²) in [6.45, 7) is 5.91. The van der Waals surface area contributed by atoms with Gasteiger partial charge in [-0.05, 0) is 42.9 Å². The van der Waals surface area contributed by atoms with E-state index in [1.807, 2.05) is 36.4 Å². The maximum absolute atomic E-state index is 6.34. The van der Waals surface area contributed by atoms with Crippen molar-refractivity contribution in [3.8, 4) is 5.75 Å². The summed E-state index contributed by atoms with van der Waals surface area (Å²) in [7, 11) is -0.258. The first-order valence-corrected chi connectivity index (χ1v) is 11.6. The van der Waals surface area contributed by atoms with Gasteiger partial charge >= 0.3 is 0 Å². The van der Waals surface area contributed by atoms with Crippen molar-refractivity contribution in [2.24, 2.45) is 0 Å². The lowest BCUT2D eigenvalue weighted by molar-refractivity contribution is 0.323. The molecule has 0 saturated carbocycles. The molecule has 0 saturated heterocycles. The third kappa shape index (κ3) is 4.13. The maximum atomic E-state index is 6.34. The lowest BCUT2D eigenvalue weighted by atomic mass is 10.2. The van der Waals surface area contributed by atoms with E-state index in [-0.39, 0.29) is 7.92 Å². The fourth-order valence-corrected chi connectivity index (χ4v) is 4.09. The fourth-order valence-electron chi connectivity index (χ4n) is 2.96. The minimum absolute atomic E-state index is 0.258. The number of rotatable bonds is 5. The van der Waals surface area contributed by atoms with Gasteiger partial charge in [-0.3, -0.25) is 0 Å². The van der Waals surface area contributed by atoms with E-state index < -0.39 is 0 Å². The van der Waals surface area contributed by atoms with Crippen LogP contribution in [0.15, 0.2) is 48.7 Å². The summed E-state index contributed by atoms with van der Waals surface area (Å²) in [5, 5.41) is 11.6. The lowest BCUT2D eigenvalue weighted by Gasteiger charge is -2.20. The number of nitrogens with zero attached hydrogens (tertiary/aromatic N) is 2. The van der Waals surface area contributed by atoms with E-state index in [0.29, 0.717) is 23.4 Å². The molecule has 0 aliphatic carbocycles. The van der Waals surface area contributed by atoms with Crippen LogP contribution in [-0.2, 0) is 0 Å². The maximum Gasteiger partial charge on any atom is 0.229 e. The average molecular weight is 414 g/mol. The Bertz CT molecular complexity index is 998. The van der Waals surface area contributed by atoms with E-state index >= 15 is 0 Å². The summed E-state index contributed by atoms with van der Waals surface area (Å²) < 4.78 is 5.61. The number of aromatic nitrogens is 2. The van der Waals surface area contributed by atoms with Crippen LogP contribution < -0.4 is 26.0 Å². The monoisotopic (exact) mass is 413 g/mol. The second-order valence-corrected chi connectivity index (χ2v) is 9.22. The Morgan fingerprint density at radius 2 is 2.00 bits per heavy atom. The van der Waals surface area contributed by atoms with Gasteiger partial charge in [0.05, 0.1) is 11.9 Å². The second-order valence-electron chi connectivity index (χ2n) is 6.54. The van der Waals surface area contributed by atoms with Crippen molar-refractivity contribution in [3.63, 3.8) is 0 Å². The molecule has 0 spiro atoms. The highest BCUT2D eigenvalue weighted by Crippen LogP contribution is 2.33. The molecule has 144 valence electrons. The molecule has 3 aromatic rings. The van der Waals surface area contributed by atoms with Crippen LogP contribution in [-0.4, -0.2) is 36.4 Å². The normalized spacial score (nSPS) is 12.7. The van der Waals surface area contributed by atoms with Crippen LogP contribution in [0.3, 0.4) is 0 Å². The zero-order valence-corrected chi connectivity index (χ0v) is 17.3. The number of para-hydroxylation sites is 1. The van der Waals surface area contributed by atoms with Crippen molar-refractivity contribution >= 4 is 53.7 Å². The van der Waals surface area contributed by atoms with E-state index in [1.165, 1.54) is 5.30 Å². The molecule has 0 fully saturated rings. The van der Waals surface area contributed by atoms with Gasteiger partial charge in [0.25, 0.3) is 0 Å². The van der Waals surface area contributed by atoms with Crippen LogP contribution >= 0.6 is 19.5 Å². The second kappa shape index (κ2) is 8.21. The van der Waals surface area contributed by atoms with Gasteiger partial charge in [-0.1, -0.05) is 37.7 Å². The van der Waals surface area contributed by atoms with Gasteiger partial charge in [0.1, 0.15) is 17.4 Å². The molecule has 28 heavy (non-hydrogen) atoms. The van der Waals surface area contributed by atoms with E-state index in [4.69, 9.17) is 16.3 Å². The number of nitrogens with one attached hydrogen (secondary N) is 3. The van der Waals surface area contributed by atoms with Gasteiger partial charge in [-0.2, -0.15) is 4.98 Å². The summed E-state index contributed by atoms with van der Waals surface area (Å²) in [5.74, 6) is 1.89. The number of benzene rings is 2. The molecule has 2 aromatic carbocycles. The highest BCUT2D eigenvalue weighted by Gasteiger charge is 2.12. The molecule has 2 heterocycles. The Morgan fingerprint density at radius 3 is 2.86 bits per heavy atom. The number of anilines is 5. The number of ether oxygens (including phenoxy) is 1. The number of hydrogen-bond acceptors (Lipinski definition) is 6. The van der Waals surface area contributed by atoms with Gasteiger partial charge in [0.15, 0.2) is 5.82 Å². The lowest BCUT2D eigenvalue weighted by Crippen LogP contribution is -2.17. The van der Waals surface area contributed by atoms with Crippen LogP contribution in [0.2, 0.25) is 5.02 Å². The van der Waals surface area contributed by atoms with Crippen molar-refractivity contribution < 1.29 is 4.74 Å². The third-order valence-corrected chi connectivity index (χ3v) is 5.92. The molecule has 4 rings (SSSR count). The number of hydrogen-bond donors (Lipinski definition) is 3. The van der Waals surface area contributed by atoms with Crippen molar-refractivity contribution in [3.05, 3.63) is 53.7 Å². The first kappa shape index (κ1) is 18.8. The van der Waals surface area contributed by atoms with E-state index in [9.17, 15) is 0 Å². The molecule has 1 aromatic heterocycles. The average Bonchev–Trinajstić information content (AvgIpc) is 2.71. The molecular weight excluding hydrogens is 393 g/mol. The van der Waals surface area contributed by atoms with Gasteiger partial charge in [-0.25, -0.2) is 4.98 Å². The van der Waals surface area contributed by atoms with E-state index in [0.717, 1.165) is 29.4 Å². The van der Waals surface area contributed by atoms with Crippen LogP contribution in [0.1, 0.15) is 0 Å². The quantitative estimate of drug-likeness (QED) is 0.522. The highest BCUT2D eigenvalue weighted by molar-refractivity contribution is 7.64. The molecule has 0 unspecified atom stereocenters. The first-order valence-electron chi connectivity index (χ1n) is 8.94. The minimum Gasteiger partial charge on any atom is -0.490 e. The van der Waals surface area contributed by atoms with Gasteiger partial charge in [0, 0.05) is 17.9 Å². The van der Waals surface area contributed by atoms with Crippen LogP contribution in [0.5, 0.6) is 5.75 Å². The number of halogens is 1. The van der Waals surface area contributed by atoms with Gasteiger partial charge in [0.2, 0.25) is 5.95 Å². The Morgan fingerprint density at radius 1 is 1.14 bits per heavy atom. The molecule has 6 nitrogen and oxygen atoms in total. The molecule has 0 atom stereocenters. The molecule has 0 radical (unpaired) electrons. The third-order valence-electron chi connectivity index (χ3n) is 4.29. The fraction of sp³-hybridized carbons (Fsp3) is 0.200. The largest absolute Gasteiger partial charge is 0.490 e. The van der Waals surface area contributed by atoms with Crippen LogP contribution in [0.4, 0.5) is 28.8 Å². The first-order chi connectivity index (χ1) is 13.6. The predicted octanol–water partition coefficient (Wildman–Crippen LogP) is 4.79. The minimum atomic E-state index is -0.258. The predicted molar refractivity (Wildman–Crippen MR) is 119 cm³/mol. The SMILES string of the molecule is CP(C)c1ccccc1Nc1nc(Nc2ccc3c(c2)NCCO3)ncc1Cl. The smallest absolute Gasteiger partial charge is 0.229 e. The van der Waals surface area contributed by atoms with Crippen molar-refractivity contribution in [2.45, 2.75) is 0 Å². The molecule has 1 aliphatic rings.